The topological polar surface area (TPSA) is 67.9 Å². The van der Waals surface area contributed by atoms with Gasteiger partial charge in [0.25, 0.3) is 5.91 Å². The van der Waals surface area contributed by atoms with Crippen molar-refractivity contribution in [2.45, 2.75) is 18.6 Å². The van der Waals surface area contributed by atoms with E-state index in [1.807, 2.05) is 6.07 Å². The molecule has 158 valence electrons. The molecule has 3 rings (SSSR count). The van der Waals surface area contributed by atoms with Gasteiger partial charge in [-0.2, -0.15) is 13.2 Å². The summed E-state index contributed by atoms with van der Waals surface area (Å²) < 4.78 is 50.4. The van der Waals surface area contributed by atoms with Crippen molar-refractivity contribution in [2.24, 2.45) is 0 Å². The number of imide groups is 1. The lowest BCUT2D eigenvalue weighted by Gasteiger charge is -2.20. The third-order valence-electron chi connectivity index (χ3n) is 4.45. The normalized spacial score (nSPS) is 16.9. The molecule has 9 heteroatoms. The van der Waals surface area contributed by atoms with Crippen LogP contribution >= 0.6 is 0 Å². The van der Waals surface area contributed by atoms with E-state index in [9.17, 15) is 22.8 Å². The number of carbonyl (C=O) groups excluding carboxylic acids is 2. The lowest BCUT2D eigenvalue weighted by molar-refractivity contribution is -0.125. The average Bonchev–Trinajstić information content (AvgIpc) is 3.08. The molecule has 1 aliphatic heterocycles. The number of nitrogens with zero attached hydrogens (tertiary/aromatic N) is 1. The fourth-order valence-electron chi connectivity index (χ4n) is 2.98. The Labute approximate surface area is 170 Å². The van der Waals surface area contributed by atoms with Crippen molar-refractivity contribution in [2.75, 3.05) is 19.0 Å². The number of carbonyl (C=O) groups is 2. The number of nitrogens with one attached hydrogen (secondary N) is 1. The molecule has 1 atom stereocenters. The number of rotatable bonds is 6. The number of methoxy groups -OCH3 is 1. The molecule has 0 bridgehead atoms. The minimum Gasteiger partial charge on any atom is -0.497 e. The van der Waals surface area contributed by atoms with Gasteiger partial charge < -0.3 is 14.8 Å². The highest BCUT2D eigenvalue weighted by Crippen LogP contribution is 2.29. The zero-order valence-corrected chi connectivity index (χ0v) is 16.0. The molecule has 30 heavy (non-hydrogen) atoms. The van der Waals surface area contributed by atoms with Crippen LogP contribution in [-0.4, -0.2) is 42.8 Å². The van der Waals surface area contributed by atoms with Crippen LogP contribution in [0.3, 0.4) is 0 Å². The van der Waals surface area contributed by atoms with E-state index in [4.69, 9.17) is 9.47 Å². The van der Waals surface area contributed by atoms with Crippen molar-refractivity contribution in [1.82, 2.24) is 4.90 Å². The number of amides is 2. The van der Waals surface area contributed by atoms with Crippen LogP contribution in [0.5, 0.6) is 5.75 Å². The molecule has 2 amide bonds. The summed E-state index contributed by atoms with van der Waals surface area (Å²) in [4.78, 5) is 25.3. The van der Waals surface area contributed by atoms with E-state index in [1.165, 1.54) is 31.4 Å². The van der Waals surface area contributed by atoms with Crippen molar-refractivity contribution in [3.8, 4) is 5.75 Å². The first-order chi connectivity index (χ1) is 14.3. The van der Waals surface area contributed by atoms with Crippen molar-refractivity contribution in [1.29, 1.82) is 0 Å². The van der Waals surface area contributed by atoms with Crippen LogP contribution in [-0.2, 0) is 16.0 Å². The van der Waals surface area contributed by atoms with Crippen molar-refractivity contribution >= 4 is 17.7 Å². The van der Waals surface area contributed by atoms with E-state index < -0.39 is 29.9 Å². The molecule has 0 aromatic heterocycles. The largest absolute Gasteiger partial charge is 0.497 e. The number of hydrogen-bond donors (Lipinski definition) is 1. The lowest BCUT2D eigenvalue weighted by atomic mass is 10.1. The first-order valence-corrected chi connectivity index (χ1v) is 9.02. The van der Waals surface area contributed by atoms with Crippen molar-refractivity contribution in [3.63, 3.8) is 0 Å². The summed E-state index contributed by atoms with van der Waals surface area (Å²) in [7, 11) is 1.43. The van der Waals surface area contributed by atoms with Crippen molar-refractivity contribution in [3.05, 3.63) is 71.9 Å². The molecule has 1 fully saturated rings. The van der Waals surface area contributed by atoms with Gasteiger partial charge in [0.1, 0.15) is 18.1 Å². The molecule has 0 radical (unpaired) electrons. The van der Waals surface area contributed by atoms with Gasteiger partial charge in [-0.25, -0.2) is 9.69 Å². The third kappa shape index (κ3) is 5.11. The summed E-state index contributed by atoms with van der Waals surface area (Å²) in [6.45, 7) is -0.0828. The Bertz CT molecular complexity index is 928. The zero-order valence-electron chi connectivity index (χ0n) is 16.0. The number of cyclic esters (lactones) is 1. The van der Waals surface area contributed by atoms with E-state index >= 15 is 0 Å². The van der Waals surface area contributed by atoms with E-state index in [2.05, 4.69) is 5.32 Å². The fraction of sp³-hybridized carbons (Fsp3) is 0.238. The van der Waals surface area contributed by atoms with Crippen LogP contribution < -0.4 is 10.1 Å². The average molecular weight is 420 g/mol. The monoisotopic (exact) mass is 420 g/mol. The molecular weight excluding hydrogens is 401 g/mol. The highest BCUT2D eigenvalue weighted by atomic mass is 19.4. The van der Waals surface area contributed by atoms with Crippen LogP contribution in [0.2, 0.25) is 0 Å². The molecule has 1 saturated heterocycles. The number of hydrogen-bond acceptors (Lipinski definition) is 5. The first kappa shape index (κ1) is 21.2. The van der Waals surface area contributed by atoms with Gasteiger partial charge in [0, 0.05) is 11.8 Å². The van der Waals surface area contributed by atoms with E-state index in [0.29, 0.717) is 16.7 Å². The van der Waals surface area contributed by atoms with Gasteiger partial charge in [-0.15, -0.1) is 0 Å². The molecule has 1 unspecified atom stereocenters. The van der Waals surface area contributed by atoms with E-state index in [-0.39, 0.29) is 18.7 Å². The third-order valence-corrected chi connectivity index (χ3v) is 4.45. The van der Waals surface area contributed by atoms with Crippen LogP contribution in [0.1, 0.15) is 5.56 Å². The number of alkyl halides is 3. The molecule has 6 nitrogen and oxygen atoms in total. The van der Waals surface area contributed by atoms with Gasteiger partial charge in [0.05, 0.1) is 13.2 Å². The number of halogens is 3. The van der Waals surface area contributed by atoms with Gasteiger partial charge in [-0.05, 0) is 36.2 Å². The maximum Gasteiger partial charge on any atom is 0.431 e. The maximum absolute atomic E-state index is 13.5. The SMILES string of the molecule is COc1ccc(N/C(=C\C(=O)N2C(=O)OCC2Cc2ccccc2)C(F)(F)F)cc1. The molecule has 1 heterocycles. The van der Waals surface area contributed by atoms with Crippen LogP contribution in [0.15, 0.2) is 66.4 Å². The zero-order chi connectivity index (χ0) is 21.7. The summed E-state index contributed by atoms with van der Waals surface area (Å²) in [6, 6.07) is 14.0. The first-order valence-electron chi connectivity index (χ1n) is 9.02. The number of anilines is 1. The minimum atomic E-state index is -4.84. The van der Waals surface area contributed by atoms with Crippen LogP contribution in [0, 0.1) is 0 Å². The summed E-state index contributed by atoms with van der Waals surface area (Å²) >= 11 is 0. The van der Waals surface area contributed by atoms with E-state index in [1.54, 1.807) is 24.3 Å². The van der Waals surface area contributed by atoms with Gasteiger partial charge in [0.15, 0.2) is 0 Å². The molecule has 1 N–H and O–H groups in total. The van der Waals surface area contributed by atoms with Crippen LogP contribution in [0.4, 0.5) is 23.7 Å². The summed E-state index contributed by atoms with van der Waals surface area (Å²) in [5, 5.41) is 2.18. The number of ether oxygens (including phenoxy) is 2. The second-order valence-corrected chi connectivity index (χ2v) is 6.54. The second kappa shape index (κ2) is 8.89. The van der Waals surface area contributed by atoms with Gasteiger partial charge in [-0.3, -0.25) is 4.79 Å². The second-order valence-electron chi connectivity index (χ2n) is 6.54. The Balaban J connectivity index is 1.81. The van der Waals surface area contributed by atoms with Gasteiger partial charge >= 0.3 is 12.3 Å². The summed E-state index contributed by atoms with van der Waals surface area (Å²) in [6.07, 6.45) is -5.16. The standard InChI is InChI=1S/C21H19F3N2O4/c1-29-17-9-7-15(8-10-17)25-18(21(22,23)24)12-19(27)26-16(13-30-20(26)28)11-14-5-3-2-4-6-14/h2-10,12,16,25H,11,13H2,1H3/b18-12-. The Kier molecular flexibility index (Phi) is 6.29. The number of allylic oxidation sites excluding steroid dienone is 1. The fourth-order valence-corrected chi connectivity index (χ4v) is 2.98. The van der Waals surface area contributed by atoms with Crippen molar-refractivity contribution < 1.29 is 32.2 Å². The molecular formula is C21H19F3N2O4. The molecule has 0 aliphatic carbocycles. The molecule has 2 aromatic carbocycles. The molecule has 0 spiro atoms. The van der Waals surface area contributed by atoms with Crippen LogP contribution in [0.25, 0.3) is 0 Å². The molecule has 0 saturated carbocycles. The Morgan fingerprint density at radius 1 is 1.20 bits per heavy atom. The highest BCUT2D eigenvalue weighted by Gasteiger charge is 2.40. The summed E-state index contributed by atoms with van der Waals surface area (Å²) in [5.74, 6) is -0.635. The van der Waals surface area contributed by atoms with Gasteiger partial charge in [-0.1, -0.05) is 30.3 Å². The lowest BCUT2D eigenvalue weighted by Crippen LogP contribution is -2.40. The predicted molar refractivity (Wildman–Crippen MR) is 103 cm³/mol. The molecule has 1 aliphatic rings. The highest BCUT2D eigenvalue weighted by molar-refractivity contribution is 6.00. The smallest absolute Gasteiger partial charge is 0.431 e. The molecule has 2 aromatic rings. The maximum atomic E-state index is 13.5. The Morgan fingerprint density at radius 2 is 1.87 bits per heavy atom. The Hall–Kier alpha value is -3.49. The Morgan fingerprint density at radius 3 is 2.47 bits per heavy atom. The minimum absolute atomic E-state index is 0.0828. The van der Waals surface area contributed by atoms with Gasteiger partial charge in [0.2, 0.25) is 0 Å². The van der Waals surface area contributed by atoms with E-state index in [0.717, 1.165) is 5.56 Å². The quantitative estimate of drug-likeness (QED) is 0.712. The number of benzene rings is 2. The summed E-state index contributed by atoms with van der Waals surface area (Å²) in [5.41, 5.74) is -0.359. The predicted octanol–water partition coefficient (Wildman–Crippen LogP) is 4.14.